The first kappa shape index (κ1) is 30.5. The van der Waals surface area contributed by atoms with E-state index < -0.39 is 17.8 Å². The number of hydrogen-bond donors (Lipinski definition) is 0. The number of fused-ring (bicyclic) bond motifs is 3. The first-order valence-electron chi connectivity index (χ1n) is 14.8. The monoisotopic (exact) mass is 590 g/mol. The Kier molecular flexibility index (Phi) is 8.86. The Labute approximate surface area is 258 Å². The molecule has 1 amide bonds. The molecular weight excluding hydrogens is 552 g/mol. The van der Waals surface area contributed by atoms with E-state index in [1.165, 1.54) is 0 Å². The Morgan fingerprint density at radius 2 is 1.43 bits per heavy atom. The number of para-hydroxylation sites is 1. The minimum absolute atomic E-state index is 0.0830. The maximum atomic E-state index is 13.6. The van der Waals surface area contributed by atoms with Crippen LogP contribution in [0.2, 0.25) is 0 Å². The van der Waals surface area contributed by atoms with E-state index in [-0.39, 0.29) is 12.4 Å². The summed E-state index contributed by atoms with van der Waals surface area (Å²) in [6.07, 6.45) is -0.535. The molecule has 0 aliphatic carbocycles. The zero-order valence-electron chi connectivity index (χ0n) is 25.9. The van der Waals surface area contributed by atoms with Gasteiger partial charge in [0.15, 0.2) is 5.78 Å². The molecule has 0 atom stereocenters. The number of carbonyl (C=O) groups excluding carboxylic acids is 3. The van der Waals surface area contributed by atoms with Crippen LogP contribution >= 0.6 is 0 Å². The predicted molar refractivity (Wildman–Crippen MR) is 173 cm³/mol. The van der Waals surface area contributed by atoms with Gasteiger partial charge in [-0.2, -0.15) is 0 Å². The number of rotatable bonds is 8. The summed E-state index contributed by atoms with van der Waals surface area (Å²) >= 11 is 0. The average Bonchev–Trinajstić information content (AvgIpc) is 3.33. The molecule has 0 saturated carbocycles. The number of hydrogen-bond acceptors (Lipinski definition) is 5. The van der Waals surface area contributed by atoms with Crippen molar-refractivity contribution in [2.75, 3.05) is 6.54 Å². The third-order valence-electron chi connectivity index (χ3n) is 7.60. The van der Waals surface area contributed by atoms with Gasteiger partial charge in [0.05, 0.1) is 11.0 Å². The molecule has 0 bridgehead atoms. The van der Waals surface area contributed by atoms with Gasteiger partial charge in [0.25, 0.3) is 0 Å². The highest BCUT2D eigenvalue weighted by Gasteiger charge is 2.26. The Hall–Kier alpha value is -4.91. The van der Waals surface area contributed by atoms with Gasteiger partial charge in [-0.15, -0.1) is 0 Å². The Balaban J connectivity index is 1.54. The van der Waals surface area contributed by atoms with Crippen molar-refractivity contribution in [3.05, 3.63) is 119 Å². The normalized spacial score (nSPS) is 11.5. The average molecular weight is 591 g/mol. The van der Waals surface area contributed by atoms with Gasteiger partial charge in [0, 0.05) is 29.4 Å². The fraction of sp³-hybridized carbons (Fsp3) is 0.270. The van der Waals surface area contributed by atoms with E-state index in [1.807, 2.05) is 119 Å². The van der Waals surface area contributed by atoms with Crippen molar-refractivity contribution in [2.45, 2.75) is 59.8 Å². The van der Waals surface area contributed by atoms with Crippen LogP contribution in [0.1, 0.15) is 60.3 Å². The number of carbonyl (C=O) groups is 3. The van der Waals surface area contributed by atoms with Crippen molar-refractivity contribution in [1.82, 2.24) is 9.47 Å². The second-order valence-corrected chi connectivity index (χ2v) is 12.0. The van der Waals surface area contributed by atoms with E-state index in [1.54, 1.807) is 16.4 Å². The molecule has 1 heterocycles. The van der Waals surface area contributed by atoms with E-state index in [2.05, 4.69) is 0 Å². The Morgan fingerprint density at radius 3 is 2.07 bits per heavy atom. The Bertz CT molecular complexity index is 1820. The molecule has 0 fully saturated rings. The van der Waals surface area contributed by atoms with E-state index in [0.717, 1.165) is 33.0 Å². The van der Waals surface area contributed by atoms with Crippen molar-refractivity contribution >= 4 is 39.8 Å². The SMILES string of the molecule is CC(=O)c1cc2c3ccccc3n(C(=O)OC(C)(C)C)c2c(C)c1CCN(Cc1ccccc1)C(=O)OCc1ccccc1. The molecule has 5 aromatic rings. The quantitative estimate of drug-likeness (QED) is 0.169. The summed E-state index contributed by atoms with van der Waals surface area (Å²) in [5, 5.41) is 1.67. The van der Waals surface area contributed by atoms with Gasteiger partial charge in [-0.3, -0.25) is 4.79 Å². The van der Waals surface area contributed by atoms with Crippen molar-refractivity contribution in [2.24, 2.45) is 0 Å². The third kappa shape index (κ3) is 6.67. The van der Waals surface area contributed by atoms with Crippen LogP contribution in [-0.2, 0) is 29.0 Å². The number of amides is 1. The number of aryl methyl sites for hydroxylation is 1. The van der Waals surface area contributed by atoms with Crippen molar-refractivity contribution < 1.29 is 23.9 Å². The van der Waals surface area contributed by atoms with E-state index >= 15 is 0 Å². The molecule has 0 radical (unpaired) electrons. The molecule has 7 nitrogen and oxygen atoms in total. The topological polar surface area (TPSA) is 77.8 Å². The van der Waals surface area contributed by atoms with Crippen LogP contribution in [-0.4, -0.2) is 39.6 Å². The first-order valence-corrected chi connectivity index (χ1v) is 14.8. The molecule has 1 aromatic heterocycles. The van der Waals surface area contributed by atoms with Gasteiger partial charge < -0.3 is 14.4 Å². The summed E-state index contributed by atoms with van der Waals surface area (Å²) in [5.74, 6) is -0.0830. The molecule has 226 valence electrons. The lowest BCUT2D eigenvalue weighted by atomic mass is 9.93. The number of ketones is 1. The predicted octanol–water partition coefficient (Wildman–Crippen LogP) is 8.47. The van der Waals surface area contributed by atoms with Crippen molar-refractivity contribution in [1.29, 1.82) is 0 Å². The fourth-order valence-corrected chi connectivity index (χ4v) is 5.59. The fourth-order valence-electron chi connectivity index (χ4n) is 5.59. The van der Waals surface area contributed by atoms with Crippen LogP contribution in [0.15, 0.2) is 91.0 Å². The summed E-state index contributed by atoms with van der Waals surface area (Å²) in [6, 6.07) is 28.8. The Morgan fingerprint density at radius 1 is 0.818 bits per heavy atom. The highest BCUT2D eigenvalue weighted by molar-refractivity contribution is 6.16. The summed E-state index contributed by atoms with van der Waals surface area (Å²) in [7, 11) is 0. The lowest BCUT2D eigenvalue weighted by molar-refractivity contribution is 0.0551. The highest BCUT2D eigenvalue weighted by Crippen LogP contribution is 2.35. The lowest BCUT2D eigenvalue weighted by Gasteiger charge is -2.24. The molecule has 7 heteroatoms. The minimum Gasteiger partial charge on any atom is -0.445 e. The van der Waals surface area contributed by atoms with Gasteiger partial charge in [0.2, 0.25) is 0 Å². The largest absolute Gasteiger partial charge is 0.445 e. The molecule has 0 aliphatic heterocycles. The van der Waals surface area contributed by atoms with Crippen LogP contribution in [0.3, 0.4) is 0 Å². The molecule has 0 N–H and O–H groups in total. The van der Waals surface area contributed by atoms with Gasteiger partial charge in [-0.1, -0.05) is 78.9 Å². The van der Waals surface area contributed by atoms with Crippen LogP contribution in [0, 0.1) is 6.92 Å². The molecule has 0 unspecified atom stereocenters. The molecule has 5 rings (SSSR count). The molecule has 44 heavy (non-hydrogen) atoms. The molecule has 0 spiro atoms. The summed E-state index contributed by atoms with van der Waals surface area (Å²) in [4.78, 5) is 41.7. The summed E-state index contributed by atoms with van der Waals surface area (Å²) < 4.78 is 13.1. The minimum atomic E-state index is -0.692. The van der Waals surface area contributed by atoms with Crippen LogP contribution < -0.4 is 0 Å². The van der Waals surface area contributed by atoms with Crippen LogP contribution in [0.25, 0.3) is 21.8 Å². The van der Waals surface area contributed by atoms with Crippen molar-refractivity contribution in [3.63, 3.8) is 0 Å². The lowest BCUT2D eigenvalue weighted by Crippen LogP contribution is -2.33. The van der Waals surface area contributed by atoms with E-state index in [9.17, 15) is 14.4 Å². The number of Topliss-reactive ketones (excluding diaryl/α,β-unsaturated/α-hetero) is 1. The molecule has 0 saturated heterocycles. The van der Waals surface area contributed by atoms with Crippen LogP contribution in [0.4, 0.5) is 9.59 Å². The van der Waals surface area contributed by atoms with E-state index in [0.29, 0.717) is 36.1 Å². The molecular formula is C37H38N2O5. The smallest absolute Gasteiger partial charge is 0.419 e. The molecule has 4 aromatic carbocycles. The number of aromatic nitrogens is 1. The standard InChI is InChI=1S/C37H38N2O5/c1-25-29(20-21-38(23-27-14-8-6-9-15-27)35(41)43-24-28-16-10-7-11-17-28)31(26(2)40)22-32-30-18-12-13-19-33(30)39(34(25)32)36(42)44-37(3,4)5/h6-19,22H,20-21,23-24H2,1-5H3. The van der Waals surface area contributed by atoms with Crippen molar-refractivity contribution in [3.8, 4) is 0 Å². The number of nitrogens with zero attached hydrogens (tertiary/aromatic N) is 2. The number of ether oxygens (including phenoxy) is 2. The van der Waals surface area contributed by atoms with Gasteiger partial charge in [-0.25, -0.2) is 14.2 Å². The number of benzene rings is 4. The zero-order valence-corrected chi connectivity index (χ0v) is 25.9. The maximum absolute atomic E-state index is 13.6. The second-order valence-electron chi connectivity index (χ2n) is 12.0. The maximum Gasteiger partial charge on any atom is 0.419 e. The zero-order chi connectivity index (χ0) is 31.4. The first-order chi connectivity index (χ1) is 21.0. The summed E-state index contributed by atoms with van der Waals surface area (Å²) in [6.45, 7) is 9.80. The molecule has 0 aliphatic rings. The van der Waals surface area contributed by atoms with Gasteiger partial charge >= 0.3 is 12.2 Å². The third-order valence-corrected chi connectivity index (χ3v) is 7.60. The highest BCUT2D eigenvalue weighted by atomic mass is 16.6. The van der Waals surface area contributed by atoms with Gasteiger partial charge in [0.1, 0.15) is 12.2 Å². The summed E-state index contributed by atoms with van der Waals surface area (Å²) in [5.41, 5.74) is 4.73. The van der Waals surface area contributed by atoms with Gasteiger partial charge in [-0.05, 0) is 75.4 Å². The van der Waals surface area contributed by atoms with E-state index in [4.69, 9.17) is 9.47 Å². The second kappa shape index (κ2) is 12.8. The van der Waals surface area contributed by atoms with Crippen LogP contribution in [0.5, 0.6) is 0 Å².